The summed E-state index contributed by atoms with van der Waals surface area (Å²) in [7, 11) is 0. The van der Waals surface area contributed by atoms with Crippen molar-refractivity contribution in [2.75, 3.05) is 18.4 Å². The number of carbonyl (C=O) groups excluding carboxylic acids is 3. The molecule has 0 unspecified atom stereocenters. The second kappa shape index (κ2) is 11.4. The standard InChI is InChI=1S/C27H23FN4O3S/c1-17-23(36-27(31-17)20-5-3-2-4-6-20)26(35)30-16-15-29-24(33)18-9-13-22(14-10-18)32-25(34)19-7-11-21(28)12-8-19/h2-14H,15-16H2,1H3,(H,29,33)(H,30,35)(H,32,34). The Morgan fingerprint density at radius 2 is 1.36 bits per heavy atom. The molecular formula is C27H23FN4O3S. The minimum absolute atomic E-state index is 0.234. The van der Waals surface area contributed by atoms with Crippen molar-refractivity contribution < 1.29 is 18.8 Å². The first-order chi connectivity index (χ1) is 17.4. The van der Waals surface area contributed by atoms with Crippen LogP contribution in [0, 0.1) is 12.7 Å². The van der Waals surface area contributed by atoms with Crippen molar-refractivity contribution in [3.63, 3.8) is 0 Å². The molecule has 1 heterocycles. The third-order valence-corrected chi connectivity index (χ3v) is 6.44. The lowest BCUT2D eigenvalue weighted by atomic mass is 10.1. The number of benzene rings is 3. The third-order valence-electron chi connectivity index (χ3n) is 5.23. The van der Waals surface area contributed by atoms with Gasteiger partial charge in [-0.3, -0.25) is 14.4 Å². The van der Waals surface area contributed by atoms with E-state index in [1.165, 1.54) is 35.6 Å². The van der Waals surface area contributed by atoms with Gasteiger partial charge >= 0.3 is 0 Å². The summed E-state index contributed by atoms with van der Waals surface area (Å²) in [5.74, 6) is -1.34. The summed E-state index contributed by atoms with van der Waals surface area (Å²) >= 11 is 1.33. The molecule has 182 valence electrons. The minimum atomic E-state index is -0.419. The van der Waals surface area contributed by atoms with Crippen molar-refractivity contribution in [2.24, 2.45) is 0 Å². The number of anilines is 1. The van der Waals surface area contributed by atoms with E-state index in [-0.39, 0.29) is 30.8 Å². The lowest BCUT2D eigenvalue weighted by Crippen LogP contribution is -2.34. The molecule has 4 aromatic rings. The van der Waals surface area contributed by atoms with Crippen molar-refractivity contribution in [1.82, 2.24) is 15.6 Å². The van der Waals surface area contributed by atoms with E-state index in [1.807, 2.05) is 30.3 Å². The minimum Gasteiger partial charge on any atom is -0.350 e. The molecule has 3 aromatic carbocycles. The number of hydrogen-bond acceptors (Lipinski definition) is 5. The van der Waals surface area contributed by atoms with Gasteiger partial charge in [0.2, 0.25) is 0 Å². The maximum Gasteiger partial charge on any atom is 0.263 e. The predicted octanol–water partition coefficient (Wildman–Crippen LogP) is 4.67. The van der Waals surface area contributed by atoms with Crippen LogP contribution in [0.15, 0.2) is 78.9 Å². The second-order valence-electron chi connectivity index (χ2n) is 7.85. The molecule has 0 atom stereocenters. The number of aryl methyl sites for hydroxylation is 1. The van der Waals surface area contributed by atoms with E-state index in [1.54, 1.807) is 31.2 Å². The Morgan fingerprint density at radius 3 is 2.03 bits per heavy atom. The Balaban J connectivity index is 1.24. The van der Waals surface area contributed by atoms with E-state index >= 15 is 0 Å². The highest BCUT2D eigenvalue weighted by Gasteiger charge is 2.16. The molecule has 0 spiro atoms. The quantitative estimate of drug-likeness (QED) is 0.305. The highest BCUT2D eigenvalue weighted by Crippen LogP contribution is 2.27. The molecule has 3 N–H and O–H groups in total. The van der Waals surface area contributed by atoms with E-state index < -0.39 is 5.82 Å². The SMILES string of the molecule is Cc1nc(-c2ccccc2)sc1C(=O)NCCNC(=O)c1ccc(NC(=O)c2ccc(F)cc2)cc1. The van der Waals surface area contributed by atoms with Crippen molar-refractivity contribution >= 4 is 34.7 Å². The lowest BCUT2D eigenvalue weighted by Gasteiger charge is -2.08. The van der Waals surface area contributed by atoms with Crippen LogP contribution in [0.3, 0.4) is 0 Å². The Kier molecular flexibility index (Phi) is 7.82. The Morgan fingerprint density at radius 1 is 0.778 bits per heavy atom. The van der Waals surface area contributed by atoms with Gasteiger partial charge in [-0.25, -0.2) is 9.37 Å². The highest BCUT2D eigenvalue weighted by molar-refractivity contribution is 7.17. The molecule has 0 radical (unpaired) electrons. The van der Waals surface area contributed by atoms with Gasteiger partial charge in [0, 0.05) is 35.5 Å². The van der Waals surface area contributed by atoms with Gasteiger partial charge in [-0.1, -0.05) is 30.3 Å². The summed E-state index contributed by atoms with van der Waals surface area (Å²) in [5.41, 5.74) is 2.85. The van der Waals surface area contributed by atoms with E-state index in [2.05, 4.69) is 20.9 Å². The molecule has 0 fully saturated rings. The topological polar surface area (TPSA) is 100 Å². The molecule has 0 saturated heterocycles. The maximum absolute atomic E-state index is 13.0. The Labute approximate surface area is 211 Å². The molecule has 3 amide bonds. The summed E-state index contributed by atoms with van der Waals surface area (Å²) in [6.07, 6.45) is 0. The Bertz CT molecular complexity index is 1370. The summed E-state index contributed by atoms with van der Waals surface area (Å²) in [5, 5.41) is 9.04. The molecule has 0 aliphatic carbocycles. The summed E-state index contributed by atoms with van der Waals surface area (Å²) in [6.45, 7) is 2.30. The monoisotopic (exact) mass is 502 g/mol. The van der Waals surface area contributed by atoms with Gasteiger partial charge in [0.1, 0.15) is 15.7 Å². The van der Waals surface area contributed by atoms with Crippen LogP contribution in [0.5, 0.6) is 0 Å². The first kappa shape index (κ1) is 24.7. The van der Waals surface area contributed by atoms with Crippen LogP contribution in [0.2, 0.25) is 0 Å². The molecule has 0 bridgehead atoms. The van der Waals surface area contributed by atoms with Crippen LogP contribution in [0.25, 0.3) is 10.6 Å². The van der Waals surface area contributed by atoms with E-state index in [4.69, 9.17) is 0 Å². The number of halogens is 1. The zero-order valence-corrected chi connectivity index (χ0v) is 20.2. The zero-order chi connectivity index (χ0) is 25.5. The first-order valence-corrected chi connectivity index (χ1v) is 12.0. The predicted molar refractivity (Wildman–Crippen MR) is 138 cm³/mol. The van der Waals surface area contributed by atoms with Gasteiger partial charge in [-0.2, -0.15) is 0 Å². The molecule has 7 nitrogen and oxygen atoms in total. The molecular weight excluding hydrogens is 479 g/mol. The van der Waals surface area contributed by atoms with E-state index in [0.29, 0.717) is 27.4 Å². The summed E-state index contributed by atoms with van der Waals surface area (Å²) < 4.78 is 13.0. The number of nitrogens with zero attached hydrogens (tertiary/aromatic N) is 1. The number of thiazole rings is 1. The average Bonchev–Trinajstić information content (AvgIpc) is 3.29. The number of hydrogen-bond donors (Lipinski definition) is 3. The molecule has 0 saturated carbocycles. The molecule has 0 aliphatic rings. The first-order valence-electron chi connectivity index (χ1n) is 11.2. The fourth-order valence-corrected chi connectivity index (χ4v) is 4.34. The van der Waals surface area contributed by atoms with Crippen LogP contribution in [-0.2, 0) is 0 Å². The van der Waals surface area contributed by atoms with Gasteiger partial charge in [-0.15, -0.1) is 11.3 Å². The van der Waals surface area contributed by atoms with Crippen molar-refractivity contribution in [3.05, 3.63) is 106 Å². The van der Waals surface area contributed by atoms with Gasteiger partial charge in [0.05, 0.1) is 5.69 Å². The van der Waals surface area contributed by atoms with Crippen LogP contribution < -0.4 is 16.0 Å². The normalized spacial score (nSPS) is 10.5. The smallest absolute Gasteiger partial charge is 0.263 e. The number of carbonyl (C=O) groups is 3. The zero-order valence-electron chi connectivity index (χ0n) is 19.4. The van der Waals surface area contributed by atoms with Crippen molar-refractivity contribution in [3.8, 4) is 10.6 Å². The van der Waals surface area contributed by atoms with E-state index in [0.717, 1.165) is 10.6 Å². The number of aromatic nitrogens is 1. The van der Waals surface area contributed by atoms with Gasteiger partial charge < -0.3 is 16.0 Å². The number of nitrogens with one attached hydrogen (secondary N) is 3. The van der Waals surface area contributed by atoms with E-state index in [9.17, 15) is 18.8 Å². The molecule has 0 aliphatic heterocycles. The highest BCUT2D eigenvalue weighted by atomic mass is 32.1. The Hall–Kier alpha value is -4.37. The van der Waals surface area contributed by atoms with Crippen molar-refractivity contribution in [1.29, 1.82) is 0 Å². The third kappa shape index (κ3) is 6.19. The van der Waals surface area contributed by atoms with Crippen molar-refractivity contribution in [2.45, 2.75) is 6.92 Å². The van der Waals surface area contributed by atoms with Gasteiger partial charge in [-0.05, 0) is 55.5 Å². The number of rotatable bonds is 8. The fraction of sp³-hybridized carbons (Fsp3) is 0.111. The maximum atomic E-state index is 13.0. The lowest BCUT2D eigenvalue weighted by molar-refractivity contribution is 0.0929. The van der Waals surface area contributed by atoms with Gasteiger partial charge in [0.15, 0.2) is 0 Å². The van der Waals surface area contributed by atoms with Crippen LogP contribution in [-0.4, -0.2) is 35.8 Å². The average molecular weight is 503 g/mol. The molecule has 1 aromatic heterocycles. The summed E-state index contributed by atoms with van der Waals surface area (Å²) in [4.78, 5) is 42.2. The molecule has 9 heteroatoms. The molecule has 4 rings (SSSR count). The molecule has 36 heavy (non-hydrogen) atoms. The van der Waals surface area contributed by atoms with Crippen LogP contribution in [0.1, 0.15) is 36.1 Å². The van der Waals surface area contributed by atoms with Gasteiger partial charge in [0.25, 0.3) is 17.7 Å². The van der Waals surface area contributed by atoms with Crippen LogP contribution >= 0.6 is 11.3 Å². The largest absolute Gasteiger partial charge is 0.350 e. The number of amides is 3. The second-order valence-corrected chi connectivity index (χ2v) is 8.85. The van der Waals surface area contributed by atoms with Crippen LogP contribution in [0.4, 0.5) is 10.1 Å². The summed E-state index contributed by atoms with van der Waals surface area (Å²) in [6, 6.07) is 21.3. The fourth-order valence-electron chi connectivity index (χ4n) is 3.36.